The van der Waals surface area contributed by atoms with Crippen molar-refractivity contribution >= 4 is 11.8 Å². The van der Waals surface area contributed by atoms with Gasteiger partial charge in [-0.3, -0.25) is 10.1 Å². The van der Waals surface area contributed by atoms with E-state index in [1.54, 1.807) is 0 Å². The summed E-state index contributed by atoms with van der Waals surface area (Å²) in [5, 5.41) is 13.4. The summed E-state index contributed by atoms with van der Waals surface area (Å²) >= 11 is 0. The Bertz CT molecular complexity index is 465. The second-order valence-electron chi connectivity index (χ2n) is 4.97. The molecule has 1 aromatic carbocycles. The smallest absolute Gasteiger partial charge is 0.410 e. The Balaban J connectivity index is 1.85. The molecule has 0 atom stereocenters. The lowest BCUT2D eigenvalue weighted by molar-refractivity contribution is -0.384. The van der Waals surface area contributed by atoms with Crippen LogP contribution in [0.3, 0.4) is 0 Å². The van der Waals surface area contributed by atoms with Crippen molar-refractivity contribution in [1.29, 1.82) is 0 Å². The summed E-state index contributed by atoms with van der Waals surface area (Å²) in [6, 6.07) is 5.64. The van der Waals surface area contributed by atoms with Crippen LogP contribution in [-0.4, -0.2) is 17.1 Å². The number of carbonyl (C=O) groups excluding carboxylic acids is 1. The van der Waals surface area contributed by atoms with Gasteiger partial charge >= 0.3 is 6.09 Å². The zero-order valence-corrected chi connectivity index (χ0v) is 11.2. The minimum Gasteiger partial charge on any atom is -0.410 e. The summed E-state index contributed by atoms with van der Waals surface area (Å²) in [5.74, 6) is 0.307. The van der Waals surface area contributed by atoms with Crippen LogP contribution in [0.2, 0.25) is 0 Å². The zero-order chi connectivity index (χ0) is 14.4. The minimum atomic E-state index is -0.495. The third-order valence-corrected chi connectivity index (χ3v) is 3.44. The molecule has 108 valence electrons. The standard InChI is InChI=1S/C14H18N2O4/c17-14(15-11-5-3-1-2-4-6-11)20-13-9-7-12(8-10-13)16(18)19/h7-11H,1-6H2,(H,15,17). The number of carbonyl (C=O) groups is 1. The van der Waals surface area contributed by atoms with Crippen molar-refractivity contribution in [3.63, 3.8) is 0 Å². The Morgan fingerprint density at radius 2 is 1.75 bits per heavy atom. The quantitative estimate of drug-likeness (QED) is 0.522. The summed E-state index contributed by atoms with van der Waals surface area (Å²) in [4.78, 5) is 21.8. The molecule has 20 heavy (non-hydrogen) atoms. The van der Waals surface area contributed by atoms with Crippen LogP contribution >= 0.6 is 0 Å². The third-order valence-electron chi connectivity index (χ3n) is 3.44. The molecule has 6 nitrogen and oxygen atoms in total. The molecule has 0 bridgehead atoms. The number of hydrogen-bond acceptors (Lipinski definition) is 4. The van der Waals surface area contributed by atoms with Crippen LogP contribution in [0.1, 0.15) is 38.5 Å². The number of non-ortho nitro benzene ring substituents is 1. The molecule has 1 aliphatic carbocycles. The number of hydrogen-bond donors (Lipinski definition) is 1. The van der Waals surface area contributed by atoms with Gasteiger partial charge in [0, 0.05) is 18.2 Å². The molecule has 1 N–H and O–H groups in total. The van der Waals surface area contributed by atoms with Gasteiger partial charge in [-0.2, -0.15) is 0 Å². The van der Waals surface area contributed by atoms with Crippen molar-refractivity contribution < 1.29 is 14.5 Å². The van der Waals surface area contributed by atoms with Crippen LogP contribution in [0.4, 0.5) is 10.5 Å². The molecule has 6 heteroatoms. The van der Waals surface area contributed by atoms with E-state index in [1.165, 1.54) is 37.1 Å². The maximum Gasteiger partial charge on any atom is 0.412 e. The lowest BCUT2D eigenvalue weighted by atomic mass is 10.1. The molecule has 1 aliphatic rings. The highest BCUT2D eigenvalue weighted by molar-refractivity contribution is 5.70. The molecule has 1 saturated carbocycles. The van der Waals surface area contributed by atoms with Crippen molar-refractivity contribution in [2.45, 2.75) is 44.6 Å². The normalized spacial score (nSPS) is 16.2. The van der Waals surface area contributed by atoms with E-state index in [2.05, 4.69) is 5.32 Å². The molecule has 0 radical (unpaired) electrons. The summed E-state index contributed by atoms with van der Waals surface area (Å²) in [5.41, 5.74) is -0.0264. The number of ether oxygens (including phenoxy) is 1. The van der Waals surface area contributed by atoms with E-state index in [9.17, 15) is 14.9 Å². The van der Waals surface area contributed by atoms with Crippen molar-refractivity contribution in [2.75, 3.05) is 0 Å². The fraction of sp³-hybridized carbons (Fsp3) is 0.500. The van der Waals surface area contributed by atoms with Gasteiger partial charge < -0.3 is 10.1 Å². The number of rotatable bonds is 3. The van der Waals surface area contributed by atoms with Gasteiger partial charge in [-0.1, -0.05) is 25.7 Å². The van der Waals surface area contributed by atoms with E-state index < -0.39 is 11.0 Å². The topological polar surface area (TPSA) is 81.5 Å². The summed E-state index contributed by atoms with van der Waals surface area (Å²) in [6.45, 7) is 0. The summed E-state index contributed by atoms with van der Waals surface area (Å²) < 4.78 is 5.12. The molecule has 0 aromatic heterocycles. The van der Waals surface area contributed by atoms with E-state index in [-0.39, 0.29) is 11.7 Å². The fourth-order valence-electron chi connectivity index (χ4n) is 2.36. The van der Waals surface area contributed by atoms with Crippen molar-refractivity contribution in [3.05, 3.63) is 34.4 Å². The molecule has 1 aromatic rings. The van der Waals surface area contributed by atoms with Crippen LogP contribution in [0.25, 0.3) is 0 Å². The molecular formula is C14H18N2O4. The highest BCUT2D eigenvalue weighted by Gasteiger charge is 2.16. The van der Waals surface area contributed by atoms with E-state index in [0.29, 0.717) is 5.75 Å². The van der Waals surface area contributed by atoms with Gasteiger partial charge in [0.05, 0.1) is 4.92 Å². The molecule has 0 unspecified atom stereocenters. The van der Waals surface area contributed by atoms with Crippen LogP contribution in [0, 0.1) is 10.1 Å². The van der Waals surface area contributed by atoms with Gasteiger partial charge in [0.25, 0.3) is 5.69 Å². The number of nitro benzene ring substituents is 1. The van der Waals surface area contributed by atoms with Crippen molar-refractivity contribution in [3.8, 4) is 5.75 Å². The maximum absolute atomic E-state index is 11.7. The first kappa shape index (κ1) is 14.3. The summed E-state index contributed by atoms with van der Waals surface area (Å²) in [7, 11) is 0. The van der Waals surface area contributed by atoms with Gasteiger partial charge in [0.15, 0.2) is 0 Å². The minimum absolute atomic E-state index is 0.0264. The monoisotopic (exact) mass is 278 g/mol. The van der Waals surface area contributed by atoms with Gasteiger partial charge in [-0.05, 0) is 25.0 Å². The highest BCUT2D eigenvalue weighted by Crippen LogP contribution is 2.19. The number of benzene rings is 1. The lowest BCUT2D eigenvalue weighted by Gasteiger charge is -2.15. The number of amides is 1. The van der Waals surface area contributed by atoms with E-state index in [4.69, 9.17) is 4.74 Å². The Kier molecular flexibility index (Phi) is 4.92. The van der Waals surface area contributed by atoms with Gasteiger partial charge in [0.1, 0.15) is 5.75 Å². The lowest BCUT2D eigenvalue weighted by Crippen LogP contribution is -2.36. The Morgan fingerprint density at radius 3 is 2.30 bits per heavy atom. The van der Waals surface area contributed by atoms with Crippen molar-refractivity contribution in [2.24, 2.45) is 0 Å². The van der Waals surface area contributed by atoms with Crippen LogP contribution in [0.5, 0.6) is 5.75 Å². The van der Waals surface area contributed by atoms with Crippen LogP contribution < -0.4 is 10.1 Å². The number of nitro groups is 1. The van der Waals surface area contributed by atoms with Crippen LogP contribution in [0.15, 0.2) is 24.3 Å². The van der Waals surface area contributed by atoms with Crippen LogP contribution in [-0.2, 0) is 0 Å². The Hall–Kier alpha value is -2.11. The van der Waals surface area contributed by atoms with Gasteiger partial charge in [-0.15, -0.1) is 0 Å². The first-order valence-corrected chi connectivity index (χ1v) is 6.88. The molecule has 1 fully saturated rings. The molecule has 0 spiro atoms. The largest absolute Gasteiger partial charge is 0.412 e. The second-order valence-corrected chi connectivity index (χ2v) is 4.97. The van der Waals surface area contributed by atoms with Crippen molar-refractivity contribution in [1.82, 2.24) is 5.32 Å². The number of nitrogens with one attached hydrogen (secondary N) is 1. The molecule has 0 heterocycles. The predicted octanol–water partition coefficient (Wildman–Crippen LogP) is 3.41. The first-order valence-electron chi connectivity index (χ1n) is 6.88. The van der Waals surface area contributed by atoms with E-state index in [0.717, 1.165) is 25.7 Å². The van der Waals surface area contributed by atoms with E-state index in [1.807, 2.05) is 0 Å². The molecular weight excluding hydrogens is 260 g/mol. The average Bonchev–Trinajstić information content (AvgIpc) is 2.68. The SMILES string of the molecule is O=C(NC1CCCCCC1)Oc1ccc([N+](=O)[O-])cc1. The first-order chi connectivity index (χ1) is 9.65. The second kappa shape index (κ2) is 6.88. The Labute approximate surface area is 117 Å². The molecule has 1 amide bonds. The third kappa shape index (κ3) is 4.22. The number of nitrogens with zero attached hydrogens (tertiary/aromatic N) is 1. The summed E-state index contributed by atoms with van der Waals surface area (Å²) in [6.07, 6.45) is 6.16. The molecule has 0 aliphatic heterocycles. The molecule has 2 rings (SSSR count). The zero-order valence-electron chi connectivity index (χ0n) is 11.2. The van der Waals surface area contributed by atoms with Gasteiger partial charge in [-0.25, -0.2) is 4.79 Å². The average molecular weight is 278 g/mol. The Morgan fingerprint density at radius 1 is 1.15 bits per heavy atom. The van der Waals surface area contributed by atoms with E-state index >= 15 is 0 Å². The maximum atomic E-state index is 11.7. The fourth-order valence-corrected chi connectivity index (χ4v) is 2.36. The molecule has 0 saturated heterocycles. The highest BCUT2D eigenvalue weighted by atomic mass is 16.6. The van der Waals surface area contributed by atoms with Gasteiger partial charge in [0.2, 0.25) is 0 Å². The predicted molar refractivity (Wildman–Crippen MR) is 73.7 cm³/mol.